The molecule has 2 aromatic heterocycles. The lowest BCUT2D eigenvalue weighted by atomic mass is 10.2. The van der Waals surface area contributed by atoms with E-state index in [2.05, 4.69) is 29.7 Å². The minimum absolute atomic E-state index is 0.241. The van der Waals surface area contributed by atoms with Crippen LogP contribution in [0.2, 0.25) is 10.0 Å². The van der Waals surface area contributed by atoms with Crippen molar-refractivity contribution in [2.45, 2.75) is 6.54 Å². The van der Waals surface area contributed by atoms with E-state index in [0.29, 0.717) is 15.7 Å². The van der Waals surface area contributed by atoms with Crippen molar-refractivity contribution in [1.82, 2.24) is 24.8 Å². The molecule has 25 heavy (non-hydrogen) atoms. The molecule has 0 spiro atoms. The molecule has 3 heterocycles. The van der Waals surface area contributed by atoms with Crippen LogP contribution in [0.25, 0.3) is 11.2 Å². The van der Waals surface area contributed by atoms with E-state index in [4.69, 9.17) is 28.9 Å². The minimum Gasteiger partial charge on any atom is -0.368 e. The van der Waals surface area contributed by atoms with Crippen molar-refractivity contribution >= 4 is 46.1 Å². The summed E-state index contributed by atoms with van der Waals surface area (Å²) in [5, 5.41) is 1.36. The smallest absolute Gasteiger partial charge is 0.224 e. The first-order valence-electron chi connectivity index (χ1n) is 7.98. The number of anilines is 2. The third kappa shape index (κ3) is 3.35. The van der Waals surface area contributed by atoms with Crippen molar-refractivity contribution in [3.63, 3.8) is 0 Å². The molecular formula is C16H17Cl2N7. The number of aromatic amines is 1. The standard InChI is InChI=1S/C16H17Cl2N7/c17-11-2-1-10(12(18)7-11)8-24-3-5-25(6-4-24)15-13-14(21-9-20-13)22-16(19)23-15/h1-2,7,9H,3-6,8H2,(H3,19,20,21,22,23). The Morgan fingerprint density at radius 1 is 1.12 bits per heavy atom. The van der Waals surface area contributed by atoms with Crippen LogP contribution in [0.3, 0.4) is 0 Å². The number of nitrogens with two attached hydrogens (primary N) is 1. The zero-order valence-electron chi connectivity index (χ0n) is 13.4. The Morgan fingerprint density at radius 2 is 1.92 bits per heavy atom. The molecule has 1 aliphatic rings. The van der Waals surface area contributed by atoms with Crippen LogP contribution in [0.1, 0.15) is 5.56 Å². The van der Waals surface area contributed by atoms with Crippen LogP contribution < -0.4 is 10.6 Å². The van der Waals surface area contributed by atoms with Crippen molar-refractivity contribution in [2.75, 3.05) is 36.8 Å². The van der Waals surface area contributed by atoms with E-state index in [9.17, 15) is 0 Å². The Hall–Kier alpha value is -2.09. The summed E-state index contributed by atoms with van der Waals surface area (Å²) in [6.07, 6.45) is 1.61. The second-order valence-corrected chi connectivity index (χ2v) is 6.85. The zero-order chi connectivity index (χ0) is 17.4. The van der Waals surface area contributed by atoms with Crippen molar-refractivity contribution < 1.29 is 0 Å². The molecule has 0 atom stereocenters. The van der Waals surface area contributed by atoms with Crippen LogP contribution in [-0.2, 0) is 6.54 Å². The normalized spacial score (nSPS) is 15.8. The number of hydrogen-bond donors (Lipinski definition) is 2. The van der Waals surface area contributed by atoms with Crippen molar-refractivity contribution in [1.29, 1.82) is 0 Å². The van der Waals surface area contributed by atoms with Gasteiger partial charge in [0.25, 0.3) is 0 Å². The number of fused-ring (bicyclic) bond motifs is 1. The van der Waals surface area contributed by atoms with Crippen LogP contribution in [0, 0.1) is 0 Å². The number of piperazine rings is 1. The van der Waals surface area contributed by atoms with Crippen LogP contribution >= 0.6 is 23.2 Å². The fourth-order valence-corrected chi connectivity index (χ4v) is 3.54. The average Bonchev–Trinajstić information content (AvgIpc) is 3.05. The number of H-pyrrole nitrogens is 1. The number of imidazole rings is 1. The van der Waals surface area contributed by atoms with Gasteiger partial charge < -0.3 is 15.6 Å². The van der Waals surface area contributed by atoms with E-state index in [0.717, 1.165) is 49.6 Å². The quantitative estimate of drug-likeness (QED) is 0.729. The van der Waals surface area contributed by atoms with Crippen LogP contribution in [0.15, 0.2) is 24.5 Å². The molecule has 0 saturated carbocycles. The maximum Gasteiger partial charge on any atom is 0.224 e. The van der Waals surface area contributed by atoms with Gasteiger partial charge >= 0.3 is 0 Å². The first-order chi connectivity index (χ1) is 12.1. The van der Waals surface area contributed by atoms with Gasteiger partial charge in [0.15, 0.2) is 11.5 Å². The summed E-state index contributed by atoms with van der Waals surface area (Å²) in [6.45, 7) is 4.29. The summed E-state index contributed by atoms with van der Waals surface area (Å²) >= 11 is 12.2. The Bertz CT molecular complexity index is 903. The highest BCUT2D eigenvalue weighted by Crippen LogP contribution is 2.25. The number of benzene rings is 1. The molecule has 0 unspecified atom stereocenters. The lowest BCUT2D eigenvalue weighted by Gasteiger charge is -2.35. The number of hydrogen-bond acceptors (Lipinski definition) is 6. The lowest BCUT2D eigenvalue weighted by molar-refractivity contribution is 0.249. The van der Waals surface area contributed by atoms with E-state index in [1.165, 1.54) is 0 Å². The fraction of sp³-hybridized carbons (Fsp3) is 0.312. The number of halogens is 2. The second kappa shape index (κ2) is 6.67. The van der Waals surface area contributed by atoms with Crippen molar-refractivity contribution in [3.8, 4) is 0 Å². The van der Waals surface area contributed by atoms with E-state index >= 15 is 0 Å². The van der Waals surface area contributed by atoms with Gasteiger partial charge in [-0.3, -0.25) is 4.90 Å². The number of nitrogen functional groups attached to an aromatic ring is 1. The molecule has 4 rings (SSSR count). The average molecular weight is 378 g/mol. The zero-order valence-corrected chi connectivity index (χ0v) is 14.9. The second-order valence-electron chi connectivity index (χ2n) is 6.01. The van der Waals surface area contributed by atoms with E-state index < -0.39 is 0 Å². The van der Waals surface area contributed by atoms with Gasteiger partial charge in [-0.25, -0.2) is 4.98 Å². The van der Waals surface area contributed by atoms with Gasteiger partial charge in [0.1, 0.15) is 5.52 Å². The van der Waals surface area contributed by atoms with Crippen LogP contribution in [0.5, 0.6) is 0 Å². The number of nitrogens with one attached hydrogen (secondary N) is 1. The predicted octanol–water partition coefficient (Wildman–Crippen LogP) is 2.56. The van der Waals surface area contributed by atoms with Gasteiger partial charge in [-0.15, -0.1) is 0 Å². The SMILES string of the molecule is Nc1nc(N2CCN(Cc3ccc(Cl)cc3Cl)CC2)c2[nH]cnc2n1. The number of nitrogens with zero attached hydrogens (tertiary/aromatic N) is 5. The van der Waals surface area contributed by atoms with Gasteiger partial charge in [0.2, 0.25) is 5.95 Å². The first kappa shape index (κ1) is 16.4. The maximum atomic E-state index is 6.28. The van der Waals surface area contributed by atoms with E-state index in [-0.39, 0.29) is 5.95 Å². The maximum absolute atomic E-state index is 6.28. The molecule has 130 valence electrons. The third-order valence-corrected chi connectivity index (χ3v) is 4.95. The molecule has 3 aromatic rings. The first-order valence-corrected chi connectivity index (χ1v) is 8.73. The molecule has 0 bridgehead atoms. The van der Waals surface area contributed by atoms with Crippen LogP contribution in [0.4, 0.5) is 11.8 Å². The Morgan fingerprint density at radius 3 is 2.68 bits per heavy atom. The van der Waals surface area contributed by atoms with Gasteiger partial charge in [-0.2, -0.15) is 9.97 Å². The highest BCUT2D eigenvalue weighted by Gasteiger charge is 2.22. The summed E-state index contributed by atoms with van der Waals surface area (Å²) in [4.78, 5) is 20.4. The minimum atomic E-state index is 0.241. The topological polar surface area (TPSA) is 87.0 Å². The monoisotopic (exact) mass is 377 g/mol. The molecule has 1 aliphatic heterocycles. The highest BCUT2D eigenvalue weighted by molar-refractivity contribution is 6.35. The largest absolute Gasteiger partial charge is 0.368 e. The van der Waals surface area contributed by atoms with Gasteiger partial charge in [0.05, 0.1) is 6.33 Å². The van der Waals surface area contributed by atoms with Crippen LogP contribution in [-0.4, -0.2) is 51.0 Å². The molecule has 0 aliphatic carbocycles. The third-order valence-electron chi connectivity index (χ3n) is 4.36. The lowest BCUT2D eigenvalue weighted by Crippen LogP contribution is -2.46. The number of rotatable bonds is 3. The molecule has 3 N–H and O–H groups in total. The van der Waals surface area contributed by atoms with Crippen molar-refractivity contribution in [3.05, 3.63) is 40.1 Å². The predicted molar refractivity (Wildman–Crippen MR) is 100 cm³/mol. The summed E-state index contributed by atoms with van der Waals surface area (Å²) in [6, 6.07) is 5.64. The van der Waals surface area contributed by atoms with E-state index in [1.807, 2.05) is 12.1 Å². The molecule has 1 aromatic carbocycles. The summed E-state index contributed by atoms with van der Waals surface area (Å²) in [7, 11) is 0. The van der Waals surface area contributed by atoms with E-state index in [1.54, 1.807) is 12.4 Å². The molecule has 0 radical (unpaired) electrons. The fourth-order valence-electron chi connectivity index (χ4n) is 3.07. The molecular weight excluding hydrogens is 361 g/mol. The Labute approximate surface area is 154 Å². The van der Waals surface area contributed by atoms with Gasteiger partial charge in [0, 0.05) is 42.8 Å². The Kier molecular flexibility index (Phi) is 4.37. The molecule has 9 heteroatoms. The Balaban J connectivity index is 1.47. The van der Waals surface area contributed by atoms with Gasteiger partial charge in [-0.1, -0.05) is 29.3 Å². The highest BCUT2D eigenvalue weighted by atomic mass is 35.5. The molecule has 7 nitrogen and oxygen atoms in total. The summed E-state index contributed by atoms with van der Waals surface area (Å²) in [5.41, 5.74) is 8.31. The van der Waals surface area contributed by atoms with Crippen molar-refractivity contribution in [2.24, 2.45) is 0 Å². The molecule has 1 saturated heterocycles. The number of aromatic nitrogens is 4. The summed E-state index contributed by atoms with van der Waals surface area (Å²) < 4.78 is 0. The molecule has 1 fully saturated rings. The molecule has 0 amide bonds. The van der Waals surface area contributed by atoms with Gasteiger partial charge in [-0.05, 0) is 17.7 Å². The summed E-state index contributed by atoms with van der Waals surface area (Å²) in [5.74, 6) is 1.05.